The monoisotopic (exact) mass is 250 g/mol. The maximum absolute atomic E-state index is 10.8. The molecule has 1 fully saturated rings. The lowest BCUT2D eigenvalue weighted by atomic mass is 10.1. The average molecular weight is 250 g/mol. The Kier molecular flexibility index (Phi) is 4.02. The molecule has 1 aromatic rings. The van der Waals surface area contributed by atoms with Gasteiger partial charge in [0.05, 0.1) is 23.3 Å². The van der Waals surface area contributed by atoms with Crippen molar-refractivity contribution in [1.29, 1.82) is 0 Å². The predicted molar refractivity (Wildman–Crippen MR) is 70.3 cm³/mol. The SMILES string of the molecule is CCOc1cc([N+](=O)[O-])ccc1N1CCCCC1. The van der Waals surface area contributed by atoms with E-state index in [0.717, 1.165) is 18.8 Å². The molecule has 0 spiro atoms. The van der Waals surface area contributed by atoms with Crippen molar-refractivity contribution in [2.45, 2.75) is 26.2 Å². The van der Waals surface area contributed by atoms with E-state index in [1.165, 1.54) is 25.3 Å². The smallest absolute Gasteiger partial charge is 0.273 e. The number of rotatable bonds is 4. The van der Waals surface area contributed by atoms with E-state index in [1.54, 1.807) is 12.1 Å². The van der Waals surface area contributed by atoms with Gasteiger partial charge in [0.2, 0.25) is 0 Å². The van der Waals surface area contributed by atoms with Gasteiger partial charge in [0.25, 0.3) is 5.69 Å². The van der Waals surface area contributed by atoms with Gasteiger partial charge in [0.15, 0.2) is 0 Å². The van der Waals surface area contributed by atoms with Gasteiger partial charge in [0.1, 0.15) is 5.75 Å². The van der Waals surface area contributed by atoms with E-state index in [9.17, 15) is 10.1 Å². The number of hydrogen-bond acceptors (Lipinski definition) is 4. The fourth-order valence-electron chi connectivity index (χ4n) is 2.28. The third-order valence-electron chi connectivity index (χ3n) is 3.15. The Morgan fingerprint density at radius 1 is 1.33 bits per heavy atom. The molecular weight excluding hydrogens is 232 g/mol. The molecule has 0 bridgehead atoms. The van der Waals surface area contributed by atoms with Crippen molar-refractivity contribution in [2.75, 3.05) is 24.6 Å². The average Bonchev–Trinajstić information content (AvgIpc) is 2.40. The molecule has 18 heavy (non-hydrogen) atoms. The molecule has 0 aromatic heterocycles. The predicted octanol–water partition coefficient (Wildman–Crippen LogP) is 2.98. The lowest BCUT2D eigenvalue weighted by Crippen LogP contribution is -2.29. The van der Waals surface area contributed by atoms with Gasteiger partial charge < -0.3 is 9.64 Å². The number of non-ortho nitro benzene ring substituents is 1. The van der Waals surface area contributed by atoms with Crippen LogP contribution >= 0.6 is 0 Å². The van der Waals surface area contributed by atoms with Crippen LogP contribution in [0.25, 0.3) is 0 Å². The number of benzene rings is 1. The first-order valence-corrected chi connectivity index (χ1v) is 6.38. The van der Waals surface area contributed by atoms with E-state index in [0.29, 0.717) is 12.4 Å². The van der Waals surface area contributed by atoms with E-state index in [2.05, 4.69) is 4.90 Å². The van der Waals surface area contributed by atoms with Gasteiger partial charge in [0, 0.05) is 19.2 Å². The molecule has 5 heteroatoms. The van der Waals surface area contributed by atoms with Crippen LogP contribution in [0, 0.1) is 10.1 Å². The lowest BCUT2D eigenvalue weighted by Gasteiger charge is -2.30. The summed E-state index contributed by atoms with van der Waals surface area (Å²) in [6.45, 7) is 4.40. The summed E-state index contributed by atoms with van der Waals surface area (Å²) in [5.41, 5.74) is 1.06. The van der Waals surface area contributed by atoms with Crippen molar-refractivity contribution >= 4 is 11.4 Å². The third kappa shape index (κ3) is 2.72. The highest BCUT2D eigenvalue weighted by molar-refractivity contribution is 5.62. The van der Waals surface area contributed by atoms with Gasteiger partial charge in [-0.05, 0) is 32.3 Å². The van der Waals surface area contributed by atoms with E-state index in [4.69, 9.17) is 4.74 Å². The molecule has 0 atom stereocenters. The molecule has 1 aliphatic rings. The van der Waals surface area contributed by atoms with Crippen LogP contribution in [0.1, 0.15) is 26.2 Å². The molecule has 0 radical (unpaired) electrons. The minimum atomic E-state index is -0.386. The van der Waals surface area contributed by atoms with Gasteiger partial charge in [-0.15, -0.1) is 0 Å². The summed E-state index contributed by atoms with van der Waals surface area (Å²) in [6.07, 6.45) is 3.60. The zero-order valence-electron chi connectivity index (χ0n) is 10.6. The first-order valence-electron chi connectivity index (χ1n) is 6.38. The highest BCUT2D eigenvalue weighted by Crippen LogP contribution is 2.33. The number of ether oxygens (including phenoxy) is 1. The Bertz CT molecular complexity index is 428. The van der Waals surface area contributed by atoms with Crippen molar-refractivity contribution in [3.05, 3.63) is 28.3 Å². The van der Waals surface area contributed by atoms with E-state index >= 15 is 0 Å². The van der Waals surface area contributed by atoms with Crippen LogP contribution in [0.5, 0.6) is 5.75 Å². The summed E-state index contributed by atoms with van der Waals surface area (Å²) in [4.78, 5) is 12.6. The Labute approximate surface area is 107 Å². The van der Waals surface area contributed by atoms with Gasteiger partial charge in [-0.25, -0.2) is 0 Å². The third-order valence-corrected chi connectivity index (χ3v) is 3.15. The summed E-state index contributed by atoms with van der Waals surface area (Å²) >= 11 is 0. The number of hydrogen-bond donors (Lipinski definition) is 0. The zero-order chi connectivity index (χ0) is 13.0. The van der Waals surface area contributed by atoms with E-state index in [1.807, 2.05) is 6.92 Å². The second-order valence-electron chi connectivity index (χ2n) is 4.39. The van der Waals surface area contributed by atoms with Gasteiger partial charge in [-0.3, -0.25) is 10.1 Å². The molecule has 98 valence electrons. The summed E-state index contributed by atoms with van der Waals surface area (Å²) in [6, 6.07) is 4.87. The Hall–Kier alpha value is -1.78. The summed E-state index contributed by atoms with van der Waals surface area (Å²) in [5.74, 6) is 0.619. The van der Waals surface area contributed by atoms with Crippen LogP contribution in [0.3, 0.4) is 0 Å². The van der Waals surface area contributed by atoms with Crippen molar-refractivity contribution in [3.8, 4) is 5.75 Å². The van der Waals surface area contributed by atoms with E-state index in [-0.39, 0.29) is 10.6 Å². The molecule has 1 aliphatic heterocycles. The number of piperidine rings is 1. The van der Waals surface area contributed by atoms with Crippen molar-refractivity contribution in [2.24, 2.45) is 0 Å². The van der Waals surface area contributed by atoms with Crippen LogP contribution in [-0.2, 0) is 0 Å². The highest BCUT2D eigenvalue weighted by atomic mass is 16.6. The largest absolute Gasteiger partial charge is 0.491 e. The van der Waals surface area contributed by atoms with Crippen molar-refractivity contribution < 1.29 is 9.66 Å². The molecule has 0 aliphatic carbocycles. The number of nitro benzene ring substituents is 1. The second-order valence-corrected chi connectivity index (χ2v) is 4.39. The van der Waals surface area contributed by atoms with Crippen LogP contribution < -0.4 is 9.64 Å². The molecule has 1 saturated heterocycles. The minimum absolute atomic E-state index is 0.0826. The van der Waals surface area contributed by atoms with Crippen molar-refractivity contribution in [3.63, 3.8) is 0 Å². The molecule has 2 rings (SSSR count). The number of anilines is 1. The fourth-order valence-corrected chi connectivity index (χ4v) is 2.28. The maximum Gasteiger partial charge on any atom is 0.273 e. The number of nitro groups is 1. The Morgan fingerprint density at radius 3 is 2.67 bits per heavy atom. The standard InChI is InChI=1S/C13H18N2O3/c1-2-18-13-10-11(15(16)17)6-7-12(13)14-8-4-3-5-9-14/h6-7,10H,2-5,8-9H2,1H3. The molecule has 0 N–H and O–H groups in total. The van der Waals surface area contributed by atoms with E-state index < -0.39 is 0 Å². The molecule has 5 nitrogen and oxygen atoms in total. The van der Waals surface area contributed by atoms with Gasteiger partial charge in [-0.1, -0.05) is 0 Å². The molecule has 0 amide bonds. The van der Waals surface area contributed by atoms with Crippen molar-refractivity contribution in [1.82, 2.24) is 0 Å². The minimum Gasteiger partial charge on any atom is -0.491 e. The zero-order valence-corrected chi connectivity index (χ0v) is 10.6. The molecular formula is C13H18N2O3. The Morgan fingerprint density at radius 2 is 2.06 bits per heavy atom. The summed E-state index contributed by atoms with van der Waals surface area (Å²) < 4.78 is 5.53. The Balaban J connectivity index is 2.29. The van der Waals surface area contributed by atoms with Crippen LogP contribution in [-0.4, -0.2) is 24.6 Å². The lowest BCUT2D eigenvalue weighted by molar-refractivity contribution is -0.384. The van der Waals surface area contributed by atoms with Crippen LogP contribution in [0.15, 0.2) is 18.2 Å². The molecule has 1 heterocycles. The molecule has 0 saturated carbocycles. The summed E-state index contributed by atoms with van der Waals surface area (Å²) in [5, 5.41) is 10.8. The maximum atomic E-state index is 10.8. The fraction of sp³-hybridized carbons (Fsp3) is 0.538. The highest BCUT2D eigenvalue weighted by Gasteiger charge is 2.18. The molecule has 0 unspecified atom stereocenters. The van der Waals surface area contributed by atoms with Crippen LogP contribution in [0.2, 0.25) is 0 Å². The summed E-state index contributed by atoms with van der Waals surface area (Å²) in [7, 11) is 0. The van der Waals surface area contributed by atoms with Crippen LogP contribution in [0.4, 0.5) is 11.4 Å². The van der Waals surface area contributed by atoms with Gasteiger partial charge >= 0.3 is 0 Å². The first kappa shape index (κ1) is 12.7. The normalized spacial score (nSPS) is 15.5. The first-order chi connectivity index (χ1) is 8.72. The topological polar surface area (TPSA) is 55.6 Å². The quantitative estimate of drug-likeness (QED) is 0.609. The van der Waals surface area contributed by atoms with Gasteiger partial charge in [-0.2, -0.15) is 0 Å². The molecule has 1 aromatic carbocycles. The number of nitrogens with zero attached hydrogens (tertiary/aromatic N) is 2. The second kappa shape index (κ2) is 5.71.